The fourth-order valence-electron chi connectivity index (χ4n) is 2.47. The van der Waals surface area contributed by atoms with Gasteiger partial charge < -0.3 is 5.32 Å². The molecule has 3 nitrogen and oxygen atoms in total. The van der Waals surface area contributed by atoms with Gasteiger partial charge in [0.05, 0.1) is 5.69 Å². The minimum Gasteiger partial charge on any atom is -0.310 e. The van der Waals surface area contributed by atoms with Crippen LogP contribution >= 0.6 is 15.9 Å². The molecule has 0 radical (unpaired) electrons. The van der Waals surface area contributed by atoms with Crippen molar-refractivity contribution in [3.8, 4) is 0 Å². The first-order chi connectivity index (χ1) is 9.99. The Labute approximate surface area is 133 Å². The maximum Gasteiger partial charge on any atom is 0.124 e. The Balaban J connectivity index is 2.27. The molecule has 0 fully saturated rings. The van der Waals surface area contributed by atoms with Crippen LogP contribution in [0.3, 0.4) is 0 Å². The molecule has 1 N–H and O–H groups in total. The maximum atomic E-state index is 13.7. The van der Waals surface area contributed by atoms with E-state index in [1.807, 2.05) is 24.7 Å². The Morgan fingerprint density at radius 2 is 2.10 bits per heavy atom. The molecule has 0 amide bonds. The van der Waals surface area contributed by atoms with E-state index in [1.165, 1.54) is 6.07 Å². The minimum absolute atomic E-state index is 0.0757. The van der Waals surface area contributed by atoms with Gasteiger partial charge in [0.25, 0.3) is 0 Å². The molecule has 5 heteroatoms. The van der Waals surface area contributed by atoms with Gasteiger partial charge in [-0.3, -0.25) is 4.68 Å². The molecular formula is C16H21BrFN3. The normalized spacial score (nSPS) is 12.6. The lowest BCUT2D eigenvalue weighted by molar-refractivity contribution is 0.508. The van der Waals surface area contributed by atoms with E-state index in [0.717, 1.165) is 40.8 Å². The van der Waals surface area contributed by atoms with Gasteiger partial charge >= 0.3 is 0 Å². The molecule has 0 aliphatic rings. The average Bonchev–Trinajstić information content (AvgIpc) is 2.71. The number of nitrogens with one attached hydrogen (secondary N) is 1. The predicted molar refractivity (Wildman–Crippen MR) is 86.8 cm³/mol. The van der Waals surface area contributed by atoms with Gasteiger partial charge in [0.2, 0.25) is 0 Å². The van der Waals surface area contributed by atoms with Crippen molar-refractivity contribution in [3.63, 3.8) is 0 Å². The number of aryl methyl sites for hydroxylation is 2. The number of rotatable bonds is 6. The first-order valence-corrected chi connectivity index (χ1v) is 7.97. The summed E-state index contributed by atoms with van der Waals surface area (Å²) >= 11 is 3.37. The highest BCUT2D eigenvalue weighted by Gasteiger charge is 2.15. The zero-order valence-corrected chi connectivity index (χ0v) is 14.2. The number of hydrogen-bond donors (Lipinski definition) is 1. The molecule has 0 saturated carbocycles. The average molecular weight is 354 g/mol. The van der Waals surface area contributed by atoms with E-state index in [1.54, 1.807) is 6.07 Å². The number of nitrogens with zero attached hydrogens (tertiary/aromatic N) is 2. The van der Waals surface area contributed by atoms with E-state index in [4.69, 9.17) is 0 Å². The minimum atomic E-state index is -0.219. The smallest absolute Gasteiger partial charge is 0.124 e. The summed E-state index contributed by atoms with van der Waals surface area (Å²) in [6, 6.07) is 7.21. The van der Waals surface area contributed by atoms with Crippen molar-refractivity contribution < 1.29 is 4.39 Å². The van der Waals surface area contributed by atoms with Crippen LogP contribution in [0.2, 0.25) is 0 Å². The summed E-state index contributed by atoms with van der Waals surface area (Å²) in [5, 5.41) is 7.88. The van der Waals surface area contributed by atoms with Gasteiger partial charge in [-0.2, -0.15) is 5.10 Å². The molecule has 21 heavy (non-hydrogen) atoms. The van der Waals surface area contributed by atoms with Crippen molar-refractivity contribution in [2.45, 2.75) is 32.7 Å². The third-order valence-electron chi connectivity index (χ3n) is 3.44. The molecule has 1 aromatic heterocycles. The zero-order chi connectivity index (χ0) is 15.4. The first kappa shape index (κ1) is 16.2. The Morgan fingerprint density at radius 1 is 1.33 bits per heavy atom. The van der Waals surface area contributed by atoms with E-state index in [0.29, 0.717) is 0 Å². The van der Waals surface area contributed by atoms with Gasteiger partial charge in [-0.15, -0.1) is 0 Å². The summed E-state index contributed by atoms with van der Waals surface area (Å²) in [7, 11) is 1.95. The third-order valence-corrected chi connectivity index (χ3v) is 3.90. The van der Waals surface area contributed by atoms with Crippen LogP contribution in [0.25, 0.3) is 0 Å². The molecule has 0 aliphatic carbocycles. The standard InChI is InChI=1S/C16H21BrFN3/c1-4-5-19-16(10-15-6-11(2)20-21(15)3)12-7-13(17)9-14(18)8-12/h6-9,16,19H,4-5,10H2,1-3H3. The number of aromatic nitrogens is 2. The number of hydrogen-bond acceptors (Lipinski definition) is 2. The second-order valence-corrected chi connectivity index (χ2v) is 6.23. The molecule has 1 aromatic carbocycles. The van der Waals surface area contributed by atoms with Crippen molar-refractivity contribution in [3.05, 3.63) is 51.5 Å². The van der Waals surface area contributed by atoms with Gasteiger partial charge in [0.1, 0.15) is 5.82 Å². The lowest BCUT2D eigenvalue weighted by Crippen LogP contribution is -2.25. The van der Waals surface area contributed by atoms with Gasteiger partial charge in [-0.1, -0.05) is 22.9 Å². The van der Waals surface area contributed by atoms with E-state index in [9.17, 15) is 4.39 Å². The Kier molecular flexibility index (Phi) is 5.53. The van der Waals surface area contributed by atoms with Crippen molar-refractivity contribution in [1.82, 2.24) is 15.1 Å². The van der Waals surface area contributed by atoms with Crippen molar-refractivity contribution in [1.29, 1.82) is 0 Å². The fourth-order valence-corrected chi connectivity index (χ4v) is 2.95. The van der Waals surface area contributed by atoms with Crippen LogP contribution < -0.4 is 5.32 Å². The largest absolute Gasteiger partial charge is 0.310 e. The van der Waals surface area contributed by atoms with Crippen LogP contribution in [-0.4, -0.2) is 16.3 Å². The van der Waals surface area contributed by atoms with Gasteiger partial charge in [-0.25, -0.2) is 4.39 Å². The van der Waals surface area contributed by atoms with E-state index < -0.39 is 0 Å². The van der Waals surface area contributed by atoms with Crippen molar-refractivity contribution in [2.24, 2.45) is 7.05 Å². The van der Waals surface area contributed by atoms with Crippen LogP contribution in [0, 0.1) is 12.7 Å². The number of benzene rings is 1. The summed E-state index contributed by atoms with van der Waals surface area (Å²) in [4.78, 5) is 0. The third kappa shape index (κ3) is 4.38. The molecule has 0 spiro atoms. The lowest BCUT2D eigenvalue weighted by atomic mass is 10.0. The second kappa shape index (κ2) is 7.18. The van der Waals surface area contributed by atoms with Gasteiger partial charge in [0, 0.05) is 29.7 Å². The number of halogens is 2. The first-order valence-electron chi connectivity index (χ1n) is 7.18. The van der Waals surface area contributed by atoms with Crippen LogP contribution in [0.5, 0.6) is 0 Å². The molecule has 2 rings (SSSR count). The van der Waals surface area contributed by atoms with Gasteiger partial charge in [-0.05, 0) is 49.7 Å². The van der Waals surface area contributed by atoms with Crippen LogP contribution in [0.15, 0.2) is 28.7 Å². The molecule has 0 aliphatic heterocycles. The molecule has 2 aromatic rings. The fraction of sp³-hybridized carbons (Fsp3) is 0.438. The predicted octanol–water partition coefficient (Wildman–Crippen LogP) is 3.91. The SMILES string of the molecule is CCCNC(Cc1cc(C)nn1C)c1cc(F)cc(Br)c1. The Bertz CT molecular complexity index is 589. The summed E-state index contributed by atoms with van der Waals surface area (Å²) in [6.07, 6.45) is 1.82. The molecular weight excluding hydrogens is 333 g/mol. The summed E-state index contributed by atoms with van der Waals surface area (Å²) in [5.41, 5.74) is 3.10. The summed E-state index contributed by atoms with van der Waals surface area (Å²) in [5.74, 6) is -0.219. The second-order valence-electron chi connectivity index (χ2n) is 5.31. The highest BCUT2D eigenvalue weighted by atomic mass is 79.9. The summed E-state index contributed by atoms with van der Waals surface area (Å²) < 4.78 is 16.3. The Hall–Kier alpha value is -1.20. The van der Waals surface area contributed by atoms with E-state index in [2.05, 4.69) is 39.3 Å². The van der Waals surface area contributed by atoms with Gasteiger partial charge in [0.15, 0.2) is 0 Å². The molecule has 1 heterocycles. The molecule has 1 atom stereocenters. The van der Waals surface area contributed by atoms with Crippen molar-refractivity contribution >= 4 is 15.9 Å². The van der Waals surface area contributed by atoms with Crippen LogP contribution in [0.1, 0.15) is 36.3 Å². The van der Waals surface area contributed by atoms with Crippen LogP contribution in [0.4, 0.5) is 4.39 Å². The van der Waals surface area contributed by atoms with E-state index >= 15 is 0 Å². The quantitative estimate of drug-likeness (QED) is 0.852. The highest BCUT2D eigenvalue weighted by molar-refractivity contribution is 9.10. The topological polar surface area (TPSA) is 29.9 Å². The maximum absolute atomic E-state index is 13.7. The zero-order valence-electron chi connectivity index (χ0n) is 12.7. The van der Waals surface area contributed by atoms with E-state index in [-0.39, 0.29) is 11.9 Å². The summed E-state index contributed by atoms with van der Waals surface area (Å²) in [6.45, 7) is 5.01. The Morgan fingerprint density at radius 3 is 2.67 bits per heavy atom. The molecule has 0 bridgehead atoms. The van der Waals surface area contributed by atoms with Crippen LogP contribution in [-0.2, 0) is 13.5 Å². The van der Waals surface area contributed by atoms with Crippen molar-refractivity contribution in [2.75, 3.05) is 6.54 Å². The molecule has 0 saturated heterocycles. The molecule has 1 unspecified atom stereocenters. The highest BCUT2D eigenvalue weighted by Crippen LogP contribution is 2.23. The molecule has 114 valence electrons. The lowest BCUT2D eigenvalue weighted by Gasteiger charge is -2.19. The monoisotopic (exact) mass is 353 g/mol.